The van der Waals surface area contributed by atoms with Crippen molar-refractivity contribution in [2.75, 3.05) is 18.4 Å². The largest absolute Gasteiger partial charge is 0.506 e. The topological polar surface area (TPSA) is 208 Å². The maximum atomic E-state index is 12.3. The highest BCUT2D eigenvalue weighted by atomic mass is 79.9. The van der Waals surface area contributed by atoms with Gasteiger partial charge in [0.05, 0.1) is 16.1 Å². The highest BCUT2D eigenvalue weighted by Crippen LogP contribution is 2.25. The van der Waals surface area contributed by atoms with Crippen molar-refractivity contribution >= 4 is 51.3 Å². The lowest BCUT2D eigenvalue weighted by Gasteiger charge is -2.15. The first-order valence-corrected chi connectivity index (χ1v) is 12.4. The number of carbonyl (C=O) groups excluding carboxylic acids is 3. The van der Waals surface area contributed by atoms with E-state index in [1.165, 1.54) is 6.07 Å². The number of carboxylic acids is 2. The van der Waals surface area contributed by atoms with Crippen LogP contribution in [0.3, 0.4) is 0 Å². The summed E-state index contributed by atoms with van der Waals surface area (Å²) in [7, 11) is 0. The van der Waals surface area contributed by atoms with E-state index in [1.807, 2.05) is 0 Å². The van der Waals surface area contributed by atoms with Crippen molar-refractivity contribution in [2.24, 2.45) is 11.7 Å². The Hall–Kier alpha value is -3.45. The highest BCUT2D eigenvalue weighted by molar-refractivity contribution is 9.12. The number of carboxylic acid groups (broad SMARTS) is 2. The zero-order chi connectivity index (χ0) is 28.0. The van der Waals surface area contributed by atoms with Gasteiger partial charge >= 0.3 is 11.9 Å². The Morgan fingerprint density at radius 1 is 1.05 bits per heavy atom. The molecule has 2 atom stereocenters. The number of carbonyl (C=O) groups is 5. The second-order valence-electron chi connectivity index (χ2n) is 8.48. The molecule has 0 saturated carbocycles. The van der Waals surface area contributed by atoms with Crippen molar-refractivity contribution in [3.63, 3.8) is 0 Å². The smallest absolute Gasteiger partial charge is 0.306 e. The summed E-state index contributed by atoms with van der Waals surface area (Å²) in [6, 6.07) is 4.24. The molecule has 8 N–H and O–H groups in total. The second kappa shape index (κ2) is 16.3. The van der Waals surface area contributed by atoms with Gasteiger partial charge in [0.15, 0.2) is 0 Å². The van der Waals surface area contributed by atoms with Crippen LogP contribution in [0.2, 0.25) is 0 Å². The minimum Gasteiger partial charge on any atom is -0.506 e. The number of aromatic hydroxyl groups is 1. The first-order valence-electron chi connectivity index (χ1n) is 11.6. The first kappa shape index (κ1) is 31.6. The van der Waals surface area contributed by atoms with Gasteiger partial charge in [0.1, 0.15) is 5.75 Å². The number of hydrogen-bond acceptors (Lipinski definition) is 7. The van der Waals surface area contributed by atoms with Gasteiger partial charge in [0.25, 0.3) is 5.91 Å². The van der Waals surface area contributed by atoms with Gasteiger partial charge in [-0.15, -0.1) is 0 Å². The summed E-state index contributed by atoms with van der Waals surface area (Å²) in [5, 5.41) is 35.3. The number of aliphatic carboxylic acids is 2. The van der Waals surface area contributed by atoms with E-state index in [4.69, 9.17) is 15.9 Å². The van der Waals surface area contributed by atoms with Gasteiger partial charge in [0, 0.05) is 38.0 Å². The van der Waals surface area contributed by atoms with Gasteiger partial charge in [-0.3, -0.25) is 24.0 Å². The van der Waals surface area contributed by atoms with Gasteiger partial charge in [-0.2, -0.15) is 0 Å². The monoisotopic (exact) mass is 584 g/mol. The second-order valence-corrected chi connectivity index (χ2v) is 9.33. The van der Waals surface area contributed by atoms with Gasteiger partial charge in [-0.25, -0.2) is 0 Å². The lowest BCUT2D eigenvalue weighted by molar-refractivity contribution is -0.141. The number of anilines is 1. The Morgan fingerprint density at radius 3 is 2.35 bits per heavy atom. The van der Waals surface area contributed by atoms with E-state index in [0.29, 0.717) is 12.8 Å². The fraction of sp³-hybridized carbons (Fsp3) is 0.458. The van der Waals surface area contributed by atoms with Crippen LogP contribution in [0.25, 0.3) is 0 Å². The summed E-state index contributed by atoms with van der Waals surface area (Å²) >= 11 is 2.99. The van der Waals surface area contributed by atoms with E-state index >= 15 is 0 Å². The lowest BCUT2D eigenvalue weighted by Crippen LogP contribution is -2.28. The quantitative estimate of drug-likeness (QED) is 0.0850. The number of rotatable bonds is 16. The zero-order valence-electron chi connectivity index (χ0n) is 20.5. The molecule has 0 fully saturated rings. The molecule has 0 heterocycles. The van der Waals surface area contributed by atoms with Crippen molar-refractivity contribution in [2.45, 2.75) is 51.5 Å². The fourth-order valence-corrected chi connectivity index (χ4v) is 3.53. The van der Waals surface area contributed by atoms with Gasteiger partial charge in [-0.05, 0) is 59.3 Å². The van der Waals surface area contributed by atoms with Crippen LogP contribution in [-0.4, -0.2) is 64.1 Å². The number of halogens is 1. The molecule has 12 nitrogen and oxygen atoms in total. The number of amides is 3. The summed E-state index contributed by atoms with van der Waals surface area (Å²) in [5.41, 5.74) is 6.96. The van der Waals surface area contributed by atoms with Crippen molar-refractivity contribution in [3.05, 3.63) is 34.3 Å². The van der Waals surface area contributed by atoms with Gasteiger partial charge in [0.2, 0.25) is 11.8 Å². The molecule has 0 aliphatic rings. The molecule has 1 aromatic rings. The van der Waals surface area contributed by atoms with Crippen molar-refractivity contribution in [1.82, 2.24) is 10.6 Å². The Morgan fingerprint density at radius 2 is 1.70 bits per heavy atom. The predicted molar refractivity (Wildman–Crippen MR) is 139 cm³/mol. The number of nitrogens with one attached hydrogen (secondary N) is 3. The summed E-state index contributed by atoms with van der Waals surface area (Å²) in [6.45, 7) is 1.89. The first-order chi connectivity index (χ1) is 17.4. The molecular formula is C24H33BrN4O8. The van der Waals surface area contributed by atoms with Crippen LogP contribution in [0.1, 0.15) is 44.6 Å². The minimum absolute atomic E-state index is 0.0226. The zero-order valence-corrected chi connectivity index (χ0v) is 22.0. The van der Waals surface area contributed by atoms with Crippen molar-refractivity contribution in [1.29, 1.82) is 0 Å². The summed E-state index contributed by atoms with van der Waals surface area (Å²) in [4.78, 5) is 57.5. The number of phenolic OH excluding ortho intramolecular Hbond substituents is 1. The normalized spacial score (nSPS) is 12.8. The van der Waals surface area contributed by atoms with Crippen LogP contribution in [0.5, 0.6) is 5.75 Å². The van der Waals surface area contributed by atoms with Crippen LogP contribution in [-0.2, 0) is 30.4 Å². The molecule has 204 valence electrons. The number of nitrogens with two attached hydrogens (primary N) is 1. The van der Waals surface area contributed by atoms with Crippen LogP contribution in [0.15, 0.2) is 28.8 Å². The Kier molecular flexibility index (Phi) is 13.9. The van der Waals surface area contributed by atoms with Gasteiger partial charge < -0.3 is 37.0 Å². The molecule has 0 aliphatic heterocycles. The molecular weight excluding hydrogens is 552 g/mol. The van der Waals surface area contributed by atoms with E-state index in [0.717, 1.165) is 11.6 Å². The Labute approximate surface area is 222 Å². The molecule has 13 heteroatoms. The van der Waals surface area contributed by atoms with E-state index in [-0.39, 0.29) is 60.6 Å². The molecule has 0 aromatic heterocycles. The standard InChI is InChI=1S/C24H33BrN4O8/c1-14(24(36)37)10-16(26)11-15-6-7-19(30)18(12-15)29-20(31)4-2-8-27-21(32)13-17(25)23(35)28-9-3-5-22(33)34/h6-7,12-14,16,30H,2-5,8-11,26H2,1H3,(H,27,32)(H,28,35)(H,29,31)(H,33,34)(H,36,37)/b17-13-/t14?,16-/m1/s1. The van der Waals surface area contributed by atoms with Crippen LogP contribution >= 0.6 is 15.9 Å². The molecule has 37 heavy (non-hydrogen) atoms. The molecule has 0 saturated heterocycles. The number of phenols is 1. The van der Waals surface area contributed by atoms with E-state index < -0.39 is 35.7 Å². The number of hydrogen-bond donors (Lipinski definition) is 7. The average molecular weight is 585 g/mol. The third-order valence-electron chi connectivity index (χ3n) is 5.12. The average Bonchev–Trinajstić information content (AvgIpc) is 2.81. The number of benzene rings is 1. The Bertz CT molecular complexity index is 1010. The molecule has 1 rings (SSSR count). The SMILES string of the molecule is CC(C[C@@H](N)Cc1ccc(O)c(NC(=O)CCCNC(=O)/C=C(\Br)C(=O)NCCCC(=O)O)c1)C(=O)O. The van der Waals surface area contributed by atoms with Gasteiger partial charge in [-0.1, -0.05) is 13.0 Å². The van der Waals surface area contributed by atoms with Crippen LogP contribution < -0.4 is 21.7 Å². The molecule has 0 bridgehead atoms. The van der Waals surface area contributed by atoms with E-state index in [2.05, 4.69) is 31.9 Å². The van der Waals surface area contributed by atoms with E-state index in [1.54, 1.807) is 19.1 Å². The molecule has 0 aliphatic carbocycles. The Balaban J connectivity index is 2.44. The maximum absolute atomic E-state index is 12.3. The van der Waals surface area contributed by atoms with E-state index in [9.17, 15) is 29.1 Å². The van der Waals surface area contributed by atoms with Crippen LogP contribution in [0.4, 0.5) is 5.69 Å². The summed E-state index contributed by atoms with van der Waals surface area (Å²) in [5.74, 6) is -4.10. The molecule has 1 aromatic carbocycles. The van der Waals surface area contributed by atoms with Crippen molar-refractivity contribution < 1.29 is 39.3 Å². The highest BCUT2D eigenvalue weighted by Gasteiger charge is 2.17. The maximum Gasteiger partial charge on any atom is 0.306 e. The lowest BCUT2D eigenvalue weighted by atomic mass is 9.96. The molecule has 0 spiro atoms. The minimum atomic E-state index is -0.966. The third kappa shape index (κ3) is 13.4. The van der Waals surface area contributed by atoms with Crippen LogP contribution in [0, 0.1) is 5.92 Å². The molecule has 3 amide bonds. The third-order valence-corrected chi connectivity index (χ3v) is 5.71. The molecule has 0 radical (unpaired) electrons. The fourth-order valence-electron chi connectivity index (χ4n) is 3.18. The molecule has 1 unspecified atom stereocenters. The summed E-state index contributed by atoms with van der Waals surface area (Å²) in [6.07, 6.45) is 2.22. The van der Waals surface area contributed by atoms with Crippen molar-refractivity contribution in [3.8, 4) is 5.75 Å². The predicted octanol–water partition coefficient (Wildman–Crippen LogP) is 1.47. The summed E-state index contributed by atoms with van der Waals surface area (Å²) < 4.78 is -0.0226.